The van der Waals surface area contributed by atoms with Gasteiger partial charge in [0.15, 0.2) is 0 Å². The zero-order valence-corrected chi connectivity index (χ0v) is 8.97. The number of halogens is 1. The smallest absolute Gasteiger partial charge is 0.0998 e. The summed E-state index contributed by atoms with van der Waals surface area (Å²) in [5.74, 6) is 0. The highest BCUT2D eigenvalue weighted by atomic mass is 35.5. The topological polar surface area (TPSA) is 44.0 Å². The van der Waals surface area contributed by atoms with Crippen LogP contribution in [0.1, 0.15) is 24.5 Å². The van der Waals surface area contributed by atoms with Crippen molar-refractivity contribution in [3.63, 3.8) is 0 Å². The van der Waals surface area contributed by atoms with Gasteiger partial charge in [-0.2, -0.15) is 5.26 Å². The molecule has 3 heteroatoms. The summed E-state index contributed by atoms with van der Waals surface area (Å²) in [6.45, 7) is 3.49. The third-order valence-electron chi connectivity index (χ3n) is 2.20. The van der Waals surface area contributed by atoms with Gasteiger partial charge in [0.25, 0.3) is 0 Å². The van der Waals surface area contributed by atoms with E-state index >= 15 is 0 Å². The minimum atomic E-state index is -1.09. The van der Waals surface area contributed by atoms with Crippen LogP contribution in [0.15, 0.2) is 18.2 Å². The molecule has 0 saturated carbocycles. The molecular formula is C11H12ClNO. The molecule has 1 aromatic carbocycles. The minimum Gasteiger partial charge on any atom is -0.384 e. The normalized spacial score (nSPS) is 14.5. The Labute approximate surface area is 88.7 Å². The second kappa shape index (κ2) is 4.00. The van der Waals surface area contributed by atoms with Gasteiger partial charge in [-0.3, -0.25) is 0 Å². The molecule has 1 rings (SSSR count). The Morgan fingerprint density at radius 1 is 1.57 bits per heavy atom. The lowest BCUT2D eigenvalue weighted by molar-refractivity contribution is 0.0624. The van der Waals surface area contributed by atoms with Crippen LogP contribution in [0.2, 0.25) is 5.02 Å². The van der Waals surface area contributed by atoms with Crippen LogP contribution in [-0.4, -0.2) is 5.11 Å². The van der Waals surface area contributed by atoms with Crippen molar-refractivity contribution >= 4 is 11.6 Å². The average Bonchev–Trinajstić information content (AvgIpc) is 2.09. The third-order valence-corrected chi connectivity index (χ3v) is 2.63. The molecule has 14 heavy (non-hydrogen) atoms. The Bertz CT molecular complexity index is 379. The van der Waals surface area contributed by atoms with E-state index in [0.29, 0.717) is 5.02 Å². The highest BCUT2D eigenvalue weighted by Crippen LogP contribution is 2.27. The van der Waals surface area contributed by atoms with Crippen LogP contribution in [0.3, 0.4) is 0 Å². The molecule has 0 saturated heterocycles. The quantitative estimate of drug-likeness (QED) is 0.814. The fraction of sp³-hybridized carbons (Fsp3) is 0.364. The maximum Gasteiger partial charge on any atom is 0.0998 e. The van der Waals surface area contributed by atoms with E-state index in [1.54, 1.807) is 25.1 Å². The first kappa shape index (κ1) is 11.0. The van der Waals surface area contributed by atoms with Crippen LogP contribution in [0.25, 0.3) is 0 Å². The van der Waals surface area contributed by atoms with Gasteiger partial charge < -0.3 is 5.11 Å². The zero-order valence-electron chi connectivity index (χ0n) is 8.21. The standard InChI is InChI=1S/C11H12ClNO/c1-8-7-9(3-4-10(8)12)11(2,14)5-6-13/h3-4,7,14H,5H2,1-2H3. The number of hydrogen-bond acceptors (Lipinski definition) is 2. The Kier molecular flexibility index (Phi) is 3.15. The summed E-state index contributed by atoms with van der Waals surface area (Å²) in [5, 5.41) is 19.2. The number of rotatable bonds is 2. The second-order valence-corrected chi connectivity index (χ2v) is 3.98. The molecule has 0 heterocycles. The van der Waals surface area contributed by atoms with Gasteiger partial charge >= 0.3 is 0 Å². The molecule has 0 fully saturated rings. The maximum atomic E-state index is 9.94. The van der Waals surface area contributed by atoms with Crippen molar-refractivity contribution in [2.45, 2.75) is 25.9 Å². The molecule has 0 aliphatic rings. The fourth-order valence-corrected chi connectivity index (χ4v) is 1.35. The monoisotopic (exact) mass is 209 g/mol. The highest BCUT2D eigenvalue weighted by Gasteiger charge is 2.22. The summed E-state index contributed by atoms with van der Waals surface area (Å²) < 4.78 is 0. The van der Waals surface area contributed by atoms with Crippen molar-refractivity contribution in [2.75, 3.05) is 0 Å². The van der Waals surface area contributed by atoms with Crippen LogP contribution in [0.4, 0.5) is 0 Å². The summed E-state index contributed by atoms with van der Waals surface area (Å²) in [4.78, 5) is 0. The third kappa shape index (κ3) is 2.25. The van der Waals surface area contributed by atoms with Gasteiger partial charge in [0.2, 0.25) is 0 Å². The molecular weight excluding hydrogens is 198 g/mol. The second-order valence-electron chi connectivity index (χ2n) is 3.57. The van der Waals surface area contributed by atoms with Gasteiger partial charge in [0, 0.05) is 5.02 Å². The molecule has 1 aromatic rings. The van der Waals surface area contributed by atoms with Gasteiger partial charge in [-0.1, -0.05) is 23.7 Å². The van der Waals surface area contributed by atoms with E-state index in [2.05, 4.69) is 0 Å². The van der Waals surface area contributed by atoms with Crippen molar-refractivity contribution in [1.29, 1.82) is 5.26 Å². The molecule has 0 radical (unpaired) electrons. The molecule has 2 nitrogen and oxygen atoms in total. The Balaban J connectivity index is 3.09. The summed E-state index contributed by atoms with van der Waals surface area (Å²) in [5.41, 5.74) is 0.535. The lowest BCUT2D eigenvalue weighted by Crippen LogP contribution is -2.20. The molecule has 1 unspecified atom stereocenters. The van der Waals surface area contributed by atoms with Gasteiger partial charge in [-0.25, -0.2) is 0 Å². The van der Waals surface area contributed by atoms with Crippen LogP contribution < -0.4 is 0 Å². The minimum absolute atomic E-state index is 0.0775. The first-order valence-corrected chi connectivity index (χ1v) is 4.71. The largest absolute Gasteiger partial charge is 0.384 e. The van der Waals surface area contributed by atoms with Crippen LogP contribution in [-0.2, 0) is 5.60 Å². The Morgan fingerprint density at radius 3 is 2.71 bits per heavy atom. The molecule has 0 aromatic heterocycles. The van der Waals surface area contributed by atoms with Crippen LogP contribution in [0.5, 0.6) is 0 Å². The lowest BCUT2D eigenvalue weighted by Gasteiger charge is -2.21. The van der Waals surface area contributed by atoms with E-state index in [0.717, 1.165) is 11.1 Å². The van der Waals surface area contributed by atoms with Crippen molar-refractivity contribution in [1.82, 2.24) is 0 Å². The number of benzene rings is 1. The van der Waals surface area contributed by atoms with Crippen LogP contribution in [0, 0.1) is 18.3 Å². The predicted molar refractivity (Wildman–Crippen MR) is 56.0 cm³/mol. The molecule has 0 aliphatic carbocycles. The summed E-state index contributed by atoms with van der Waals surface area (Å²) >= 11 is 5.86. The zero-order chi connectivity index (χ0) is 10.8. The van der Waals surface area contributed by atoms with Gasteiger partial charge in [-0.15, -0.1) is 0 Å². The number of hydrogen-bond donors (Lipinski definition) is 1. The van der Waals surface area contributed by atoms with Crippen molar-refractivity contribution in [3.8, 4) is 6.07 Å². The number of nitriles is 1. The van der Waals surface area contributed by atoms with E-state index in [1.807, 2.05) is 13.0 Å². The predicted octanol–water partition coefficient (Wildman–Crippen LogP) is 2.77. The van der Waals surface area contributed by atoms with Crippen LogP contribution >= 0.6 is 11.6 Å². The first-order chi connectivity index (χ1) is 6.47. The molecule has 0 bridgehead atoms. The fourth-order valence-electron chi connectivity index (χ4n) is 1.24. The molecule has 1 N–H and O–H groups in total. The summed E-state index contributed by atoms with van der Waals surface area (Å²) in [6, 6.07) is 7.24. The van der Waals surface area contributed by atoms with Crippen molar-refractivity contribution < 1.29 is 5.11 Å². The molecule has 1 atom stereocenters. The van der Waals surface area contributed by atoms with Gasteiger partial charge in [0.1, 0.15) is 0 Å². The lowest BCUT2D eigenvalue weighted by atomic mass is 9.92. The number of nitrogens with zero attached hydrogens (tertiary/aromatic N) is 1. The van der Waals surface area contributed by atoms with E-state index in [-0.39, 0.29) is 6.42 Å². The Morgan fingerprint density at radius 2 is 2.21 bits per heavy atom. The summed E-state index contributed by atoms with van der Waals surface area (Å²) in [6.07, 6.45) is 0.0775. The SMILES string of the molecule is Cc1cc(C(C)(O)CC#N)ccc1Cl. The highest BCUT2D eigenvalue weighted by molar-refractivity contribution is 6.31. The molecule has 0 aliphatic heterocycles. The van der Waals surface area contributed by atoms with Crippen molar-refractivity contribution in [2.24, 2.45) is 0 Å². The first-order valence-electron chi connectivity index (χ1n) is 4.33. The van der Waals surface area contributed by atoms with Gasteiger partial charge in [-0.05, 0) is 31.0 Å². The van der Waals surface area contributed by atoms with Crippen molar-refractivity contribution in [3.05, 3.63) is 34.3 Å². The van der Waals surface area contributed by atoms with E-state index in [4.69, 9.17) is 16.9 Å². The summed E-state index contributed by atoms with van der Waals surface area (Å²) in [7, 11) is 0. The molecule has 0 amide bonds. The van der Waals surface area contributed by atoms with E-state index < -0.39 is 5.60 Å². The number of aryl methyl sites for hydroxylation is 1. The average molecular weight is 210 g/mol. The van der Waals surface area contributed by atoms with Gasteiger partial charge in [0.05, 0.1) is 18.1 Å². The number of aliphatic hydroxyl groups is 1. The van der Waals surface area contributed by atoms with E-state index in [9.17, 15) is 5.11 Å². The molecule has 0 spiro atoms. The molecule has 74 valence electrons. The Hall–Kier alpha value is -1.04. The maximum absolute atomic E-state index is 9.94. The van der Waals surface area contributed by atoms with E-state index in [1.165, 1.54) is 0 Å².